The fraction of sp³-hybridized carbons (Fsp3) is 0.379. The summed E-state index contributed by atoms with van der Waals surface area (Å²) in [6, 6.07) is 9.14. The molecule has 0 radical (unpaired) electrons. The number of hydrogen-bond donors (Lipinski definition) is 6. The number of nitrogens with one attached hydrogen (secondary N) is 2. The maximum Gasteiger partial charge on any atom is 0.255 e. The Morgan fingerprint density at radius 1 is 1.22 bits per heavy atom. The van der Waals surface area contributed by atoms with Crippen molar-refractivity contribution in [1.82, 2.24) is 9.78 Å². The molecule has 1 aliphatic rings. The fourth-order valence-corrected chi connectivity index (χ4v) is 5.36. The standard InChI is InChI=1S/C29H41N7O4S/c1-17(2)36-19(4)22(15-32-36)23(30)16-35(31)26-12-20(9-8-18(26)3)28(37)33-24-13-21(29(5)10-11-29)14-25(27(24)40-6)34-41(7,38)39/h8-9,12-17,34,38-39H,10-11,30-31H2,1-7H3,(H,33,37)/b23-16-. The van der Waals surface area contributed by atoms with Gasteiger partial charge in [0.15, 0.2) is 5.75 Å². The molecule has 1 heterocycles. The number of aromatic nitrogens is 2. The van der Waals surface area contributed by atoms with Crippen LogP contribution in [0.5, 0.6) is 5.75 Å². The van der Waals surface area contributed by atoms with Crippen molar-refractivity contribution >= 4 is 39.4 Å². The first-order valence-electron chi connectivity index (χ1n) is 13.3. The van der Waals surface area contributed by atoms with Gasteiger partial charge >= 0.3 is 0 Å². The lowest BCUT2D eigenvalue weighted by Gasteiger charge is -2.30. The minimum Gasteiger partial charge on any atom is -0.492 e. The smallest absolute Gasteiger partial charge is 0.255 e. The summed E-state index contributed by atoms with van der Waals surface area (Å²) >= 11 is 0. The number of carbonyl (C=O) groups excluding carboxylic acids is 1. The number of benzene rings is 2. The van der Waals surface area contributed by atoms with Crippen LogP contribution in [-0.4, -0.2) is 38.2 Å². The van der Waals surface area contributed by atoms with E-state index in [-0.39, 0.29) is 17.4 Å². The van der Waals surface area contributed by atoms with Crippen LogP contribution in [0.25, 0.3) is 5.70 Å². The Hall–Kier alpha value is -3.71. The molecular weight excluding hydrogens is 542 g/mol. The van der Waals surface area contributed by atoms with E-state index in [1.54, 1.807) is 24.5 Å². The topological polar surface area (TPSA) is 164 Å². The number of rotatable bonds is 10. The highest BCUT2D eigenvalue weighted by molar-refractivity contribution is 8.24. The van der Waals surface area contributed by atoms with E-state index in [1.165, 1.54) is 18.4 Å². The molecule has 12 heteroatoms. The molecule has 0 saturated heterocycles. The van der Waals surface area contributed by atoms with Crippen LogP contribution in [0, 0.1) is 13.8 Å². The Morgan fingerprint density at radius 2 is 1.88 bits per heavy atom. The molecule has 8 N–H and O–H groups in total. The third-order valence-electron chi connectivity index (χ3n) is 7.41. The molecule has 1 amide bonds. The quantitative estimate of drug-likeness (QED) is 0.129. The molecule has 0 unspecified atom stereocenters. The summed E-state index contributed by atoms with van der Waals surface area (Å²) in [6.07, 6.45) is 6.62. The first kappa shape index (κ1) is 30.3. The van der Waals surface area contributed by atoms with Gasteiger partial charge in [-0.05, 0) is 81.3 Å². The molecule has 4 rings (SSSR count). The molecule has 1 aliphatic carbocycles. The lowest BCUT2D eigenvalue weighted by Crippen LogP contribution is -2.27. The lowest BCUT2D eigenvalue weighted by atomic mass is 9.96. The summed E-state index contributed by atoms with van der Waals surface area (Å²) in [6.45, 7) is 10.1. The summed E-state index contributed by atoms with van der Waals surface area (Å²) in [7, 11) is -1.62. The van der Waals surface area contributed by atoms with E-state index >= 15 is 0 Å². The minimum absolute atomic E-state index is 0.0494. The predicted molar refractivity (Wildman–Crippen MR) is 167 cm³/mol. The molecule has 0 bridgehead atoms. The monoisotopic (exact) mass is 583 g/mol. The van der Waals surface area contributed by atoms with E-state index in [9.17, 15) is 13.9 Å². The zero-order valence-electron chi connectivity index (χ0n) is 24.6. The number of carbonyl (C=O) groups is 1. The van der Waals surface area contributed by atoms with Gasteiger partial charge in [-0.15, -0.1) is 10.8 Å². The number of aryl methyl sites for hydroxylation is 1. The molecular formula is C29H41N7O4S. The maximum absolute atomic E-state index is 13.5. The van der Waals surface area contributed by atoms with Gasteiger partial charge in [-0.1, -0.05) is 13.0 Å². The zero-order chi connectivity index (χ0) is 30.3. The second-order valence-corrected chi connectivity index (χ2v) is 13.1. The van der Waals surface area contributed by atoms with Crippen LogP contribution in [-0.2, 0) is 5.41 Å². The average molecular weight is 584 g/mol. The number of amides is 1. The SMILES string of the molecule is COc1c(NC(=O)c2ccc(C)c(N(N)/C=C(\N)c3cnn(C(C)C)c3C)c2)cc(C2(C)CC2)cc1NS(C)(O)O. The van der Waals surface area contributed by atoms with Crippen LogP contribution >= 0.6 is 10.8 Å². The average Bonchev–Trinajstić information content (AvgIpc) is 3.51. The van der Waals surface area contributed by atoms with Crippen molar-refractivity contribution in [2.75, 3.05) is 28.4 Å². The van der Waals surface area contributed by atoms with Crippen LogP contribution in [0.1, 0.15) is 72.4 Å². The first-order chi connectivity index (χ1) is 19.1. The van der Waals surface area contributed by atoms with Gasteiger partial charge in [-0.25, -0.2) is 5.84 Å². The number of ether oxygens (including phenoxy) is 1. The van der Waals surface area contributed by atoms with Gasteiger partial charge in [0.05, 0.1) is 36.1 Å². The highest BCUT2D eigenvalue weighted by atomic mass is 32.3. The van der Waals surface area contributed by atoms with E-state index in [1.807, 2.05) is 50.6 Å². The summed E-state index contributed by atoms with van der Waals surface area (Å²) in [5.41, 5.74) is 12.1. The van der Waals surface area contributed by atoms with Crippen LogP contribution in [0.2, 0.25) is 0 Å². The Kier molecular flexibility index (Phi) is 8.33. The third kappa shape index (κ3) is 6.62. The lowest BCUT2D eigenvalue weighted by molar-refractivity contribution is 0.102. The molecule has 1 fully saturated rings. The van der Waals surface area contributed by atoms with Gasteiger partial charge < -0.3 is 15.8 Å². The first-order valence-corrected chi connectivity index (χ1v) is 15.3. The van der Waals surface area contributed by atoms with E-state index in [4.69, 9.17) is 16.3 Å². The summed E-state index contributed by atoms with van der Waals surface area (Å²) < 4.78 is 30.4. The van der Waals surface area contributed by atoms with Gasteiger partial charge in [0.25, 0.3) is 5.91 Å². The molecule has 1 saturated carbocycles. The minimum atomic E-state index is -3.09. The molecule has 1 aromatic heterocycles. The van der Waals surface area contributed by atoms with Crippen molar-refractivity contribution in [3.05, 3.63) is 70.7 Å². The number of hydrogen-bond acceptors (Lipinski definition) is 9. The van der Waals surface area contributed by atoms with Gasteiger partial charge in [0.1, 0.15) is 0 Å². The van der Waals surface area contributed by atoms with Gasteiger partial charge in [-0.3, -0.25) is 28.3 Å². The molecule has 222 valence electrons. The van der Waals surface area contributed by atoms with Gasteiger partial charge in [-0.2, -0.15) is 5.10 Å². The second-order valence-electron chi connectivity index (χ2n) is 11.2. The number of hydrazine groups is 1. The normalized spacial score (nSPS) is 15.0. The van der Waals surface area contributed by atoms with Crippen molar-refractivity contribution < 1.29 is 18.6 Å². The number of nitrogens with two attached hydrogens (primary N) is 2. The van der Waals surface area contributed by atoms with E-state index < -0.39 is 10.8 Å². The predicted octanol–water partition coefficient (Wildman–Crippen LogP) is 5.74. The van der Waals surface area contributed by atoms with Gasteiger partial charge in [0, 0.05) is 35.3 Å². The zero-order valence-corrected chi connectivity index (χ0v) is 25.5. The highest BCUT2D eigenvalue weighted by Gasteiger charge is 2.40. The molecule has 41 heavy (non-hydrogen) atoms. The van der Waals surface area contributed by atoms with Crippen molar-refractivity contribution in [2.45, 2.75) is 58.9 Å². The van der Waals surface area contributed by atoms with Crippen molar-refractivity contribution in [1.29, 1.82) is 0 Å². The van der Waals surface area contributed by atoms with E-state index in [0.29, 0.717) is 34.1 Å². The van der Waals surface area contributed by atoms with Crippen molar-refractivity contribution in [2.24, 2.45) is 11.6 Å². The number of methoxy groups -OCH3 is 1. The Balaban J connectivity index is 1.64. The van der Waals surface area contributed by atoms with E-state index in [2.05, 4.69) is 22.1 Å². The Labute approximate surface area is 243 Å². The molecule has 0 aliphatic heterocycles. The molecule has 11 nitrogen and oxygen atoms in total. The number of nitrogens with zero attached hydrogens (tertiary/aromatic N) is 3. The van der Waals surface area contributed by atoms with E-state index in [0.717, 1.165) is 35.2 Å². The summed E-state index contributed by atoms with van der Waals surface area (Å²) in [5, 5.41) is 8.77. The fourth-order valence-electron chi connectivity index (χ4n) is 4.79. The number of anilines is 3. The van der Waals surface area contributed by atoms with Gasteiger partial charge in [0.2, 0.25) is 0 Å². The molecule has 3 aromatic rings. The van der Waals surface area contributed by atoms with Crippen LogP contribution in [0.4, 0.5) is 17.1 Å². The largest absolute Gasteiger partial charge is 0.492 e. The van der Waals surface area contributed by atoms with Crippen LogP contribution in [0.3, 0.4) is 0 Å². The van der Waals surface area contributed by atoms with Crippen molar-refractivity contribution in [3.8, 4) is 5.75 Å². The highest BCUT2D eigenvalue weighted by Crippen LogP contribution is 2.52. The summed E-state index contributed by atoms with van der Waals surface area (Å²) in [4.78, 5) is 13.5. The summed E-state index contributed by atoms with van der Waals surface area (Å²) in [5.74, 6) is 6.34. The maximum atomic E-state index is 13.5. The molecule has 0 spiro atoms. The molecule has 2 aromatic carbocycles. The Bertz CT molecular complexity index is 1490. The molecule has 0 atom stereocenters. The third-order valence-corrected chi connectivity index (χ3v) is 8.02. The van der Waals surface area contributed by atoms with Crippen LogP contribution in [0.15, 0.2) is 42.7 Å². The van der Waals surface area contributed by atoms with Crippen LogP contribution < -0.4 is 31.4 Å². The Morgan fingerprint density at radius 3 is 2.44 bits per heavy atom. The van der Waals surface area contributed by atoms with Crippen molar-refractivity contribution in [3.63, 3.8) is 0 Å². The second kappa shape index (κ2) is 11.3.